The molecule has 2 rings (SSSR count). The van der Waals surface area contributed by atoms with E-state index in [1.54, 1.807) is 13.2 Å². The van der Waals surface area contributed by atoms with Crippen LogP contribution >= 0.6 is 0 Å². The van der Waals surface area contributed by atoms with Gasteiger partial charge in [0.05, 0.1) is 18.1 Å². The molecule has 106 valence electrons. The minimum Gasteiger partial charge on any atom is -0.496 e. The topological polar surface area (TPSA) is 55.4 Å². The van der Waals surface area contributed by atoms with E-state index in [9.17, 15) is 8.42 Å². The molecule has 1 heterocycles. The molecular formula is C14H21NO3S. The van der Waals surface area contributed by atoms with Crippen LogP contribution in [0.1, 0.15) is 24.8 Å². The monoisotopic (exact) mass is 283 g/mol. The molecule has 1 N–H and O–H groups in total. The highest BCUT2D eigenvalue weighted by atomic mass is 32.2. The summed E-state index contributed by atoms with van der Waals surface area (Å²) in [6.45, 7) is 1.70. The zero-order valence-corrected chi connectivity index (χ0v) is 12.1. The summed E-state index contributed by atoms with van der Waals surface area (Å²) in [5.74, 6) is 0.722. The molecule has 0 aliphatic carbocycles. The van der Waals surface area contributed by atoms with Gasteiger partial charge in [0.1, 0.15) is 5.75 Å². The molecule has 0 saturated carbocycles. The van der Waals surface area contributed by atoms with E-state index in [2.05, 4.69) is 5.32 Å². The Morgan fingerprint density at radius 1 is 1.26 bits per heavy atom. The van der Waals surface area contributed by atoms with Gasteiger partial charge in [-0.2, -0.15) is 0 Å². The molecule has 0 bridgehead atoms. The highest BCUT2D eigenvalue weighted by Crippen LogP contribution is 2.24. The molecule has 0 radical (unpaired) electrons. The van der Waals surface area contributed by atoms with Crippen LogP contribution in [0.4, 0.5) is 0 Å². The summed E-state index contributed by atoms with van der Waals surface area (Å²) in [6, 6.07) is 7.33. The van der Waals surface area contributed by atoms with Gasteiger partial charge in [0.25, 0.3) is 0 Å². The summed E-state index contributed by atoms with van der Waals surface area (Å²) >= 11 is 0. The molecule has 0 aromatic heterocycles. The first kappa shape index (κ1) is 14.3. The van der Waals surface area contributed by atoms with E-state index >= 15 is 0 Å². The van der Waals surface area contributed by atoms with Crippen LogP contribution in [0.3, 0.4) is 0 Å². The average molecular weight is 283 g/mol. The molecule has 1 aromatic carbocycles. The van der Waals surface area contributed by atoms with Crippen LogP contribution in [0.25, 0.3) is 0 Å². The zero-order chi connectivity index (χ0) is 13.7. The van der Waals surface area contributed by atoms with Crippen LogP contribution in [0.2, 0.25) is 0 Å². The summed E-state index contributed by atoms with van der Waals surface area (Å²) in [6.07, 6.45) is 2.39. The van der Waals surface area contributed by atoms with Gasteiger partial charge in [-0.1, -0.05) is 18.2 Å². The van der Waals surface area contributed by atoms with Gasteiger partial charge in [0, 0.05) is 5.56 Å². The molecule has 1 aliphatic heterocycles. The smallest absolute Gasteiger partial charge is 0.157 e. The van der Waals surface area contributed by atoms with Gasteiger partial charge in [-0.05, 0) is 38.4 Å². The summed E-state index contributed by atoms with van der Waals surface area (Å²) < 4.78 is 30.2. The van der Waals surface area contributed by atoms with Crippen molar-refractivity contribution in [3.63, 3.8) is 0 Å². The Morgan fingerprint density at radius 3 is 2.84 bits per heavy atom. The fourth-order valence-corrected chi connectivity index (χ4v) is 4.41. The van der Waals surface area contributed by atoms with Crippen molar-refractivity contribution >= 4 is 9.84 Å². The number of para-hydroxylation sites is 1. The van der Waals surface area contributed by atoms with Gasteiger partial charge in [0.2, 0.25) is 0 Å². The molecule has 1 fully saturated rings. The molecule has 1 saturated heterocycles. The lowest BCUT2D eigenvalue weighted by Crippen LogP contribution is -2.24. The van der Waals surface area contributed by atoms with Gasteiger partial charge in [0.15, 0.2) is 9.84 Å². The van der Waals surface area contributed by atoms with Gasteiger partial charge >= 0.3 is 0 Å². The van der Waals surface area contributed by atoms with E-state index < -0.39 is 9.84 Å². The van der Waals surface area contributed by atoms with Crippen LogP contribution in [0.15, 0.2) is 24.3 Å². The van der Waals surface area contributed by atoms with Gasteiger partial charge < -0.3 is 10.1 Å². The first-order valence-electron chi connectivity index (χ1n) is 6.67. The second kappa shape index (κ2) is 6.39. The minimum atomic E-state index is -3.11. The quantitative estimate of drug-likeness (QED) is 0.914. The summed E-state index contributed by atoms with van der Waals surface area (Å²) in [5.41, 5.74) is 0.752. The van der Waals surface area contributed by atoms with Crippen molar-refractivity contribution in [3.05, 3.63) is 29.8 Å². The Balaban J connectivity index is 2.15. The number of sulfone groups is 1. The Bertz CT molecular complexity index is 505. The maximum absolute atomic E-state index is 12.5. The van der Waals surface area contributed by atoms with Crippen LogP contribution < -0.4 is 10.1 Å². The number of hydrogen-bond donors (Lipinski definition) is 1. The predicted octanol–water partition coefficient (Wildman–Crippen LogP) is 1.75. The summed E-state index contributed by atoms with van der Waals surface area (Å²) in [5, 5.41) is 3.02. The molecule has 4 nitrogen and oxygen atoms in total. The van der Waals surface area contributed by atoms with Crippen LogP contribution in [0, 0.1) is 0 Å². The fourth-order valence-electron chi connectivity index (χ4n) is 2.50. The third-order valence-corrected chi connectivity index (χ3v) is 5.78. The van der Waals surface area contributed by atoms with Crippen molar-refractivity contribution in [2.75, 3.05) is 20.2 Å². The number of hydrogen-bond acceptors (Lipinski definition) is 4. The zero-order valence-electron chi connectivity index (χ0n) is 11.3. The van der Waals surface area contributed by atoms with Crippen molar-refractivity contribution in [3.8, 4) is 5.75 Å². The average Bonchev–Trinajstić information content (AvgIpc) is 2.68. The van der Waals surface area contributed by atoms with Crippen molar-refractivity contribution < 1.29 is 13.2 Å². The summed E-state index contributed by atoms with van der Waals surface area (Å²) in [7, 11) is -1.54. The van der Waals surface area contributed by atoms with Gasteiger partial charge in [-0.3, -0.25) is 0 Å². The second-order valence-electron chi connectivity index (χ2n) is 4.92. The van der Waals surface area contributed by atoms with Gasteiger partial charge in [-0.15, -0.1) is 0 Å². The highest BCUT2D eigenvalue weighted by molar-refractivity contribution is 7.91. The van der Waals surface area contributed by atoms with Gasteiger partial charge in [-0.25, -0.2) is 8.42 Å². The Kier molecular flexibility index (Phi) is 4.82. The fraction of sp³-hybridized carbons (Fsp3) is 0.571. The Labute approximate surface area is 115 Å². The van der Waals surface area contributed by atoms with Crippen molar-refractivity contribution in [1.29, 1.82) is 0 Å². The van der Waals surface area contributed by atoms with Crippen LogP contribution in [-0.2, 0) is 15.6 Å². The first-order valence-corrected chi connectivity index (χ1v) is 8.39. The van der Waals surface area contributed by atoms with Crippen LogP contribution in [-0.4, -0.2) is 33.9 Å². The van der Waals surface area contributed by atoms with E-state index in [-0.39, 0.29) is 11.0 Å². The Hall–Kier alpha value is -1.07. The lowest BCUT2D eigenvalue weighted by Gasteiger charge is -2.16. The number of methoxy groups -OCH3 is 1. The van der Waals surface area contributed by atoms with E-state index in [0.717, 1.165) is 31.5 Å². The lowest BCUT2D eigenvalue weighted by molar-refractivity contribution is 0.411. The third-order valence-electron chi connectivity index (χ3n) is 3.58. The van der Waals surface area contributed by atoms with Crippen molar-refractivity contribution in [1.82, 2.24) is 5.32 Å². The predicted molar refractivity (Wildman–Crippen MR) is 76.1 cm³/mol. The van der Waals surface area contributed by atoms with E-state index in [0.29, 0.717) is 12.2 Å². The third kappa shape index (κ3) is 3.70. The molecule has 5 heteroatoms. The number of rotatable bonds is 4. The molecule has 0 amide bonds. The highest BCUT2D eigenvalue weighted by Gasteiger charge is 2.27. The summed E-state index contributed by atoms with van der Waals surface area (Å²) in [4.78, 5) is 0. The largest absolute Gasteiger partial charge is 0.496 e. The van der Waals surface area contributed by atoms with E-state index in [1.807, 2.05) is 18.2 Å². The molecule has 0 spiro atoms. The van der Waals surface area contributed by atoms with Crippen LogP contribution in [0.5, 0.6) is 5.75 Å². The molecular weight excluding hydrogens is 262 g/mol. The number of nitrogens with one attached hydrogen (secondary N) is 1. The normalized spacial score (nSPS) is 20.8. The molecule has 1 aromatic rings. The molecule has 1 unspecified atom stereocenters. The van der Waals surface area contributed by atoms with Crippen molar-refractivity contribution in [2.24, 2.45) is 0 Å². The maximum atomic E-state index is 12.5. The SMILES string of the molecule is COc1ccccc1CS(=O)(=O)C1CCCNCC1. The van der Waals surface area contributed by atoms with E-state index in [1.165, 1.54) is 0 Å². The van der Waals surface area contributed by atoms with E-state index in [4.69, 9.17) is 4.74 Å². The lowest BCUT2D eigenvalue weighted by atomic mass is 10.2. The molecule has 19 heavy (non-hydrogen) atoms. The molecule has 1 aliphatic rings. The van der Waals surface area contributed by atoms with Crippen molar-refractivity contribution in [2.45, 2.75) is 30.3 Å². The number of benzene rings is 1. The maximum Gasteiger partial charge on any atom is 0.157 e. The Morgan fingerprint density at radius 2 is 2.05 bits per heavy atom. The molecule has 1 atom stereocenters. The number of ether oxygens (including phenoxy) is 1. The standard InChI is InChI=1S/C14H21NO3S/c1-18-14-7-3-2-5-12(14)11-19(16,17)13-6-4-9-15-10-8-13/h2-3,5,7,13,15H,4,6,8-11H2,1H3. The first-order chi connectivity index (χ1) is 9.13. The minimum absolute atomic E-state index is 0.0711. The second-order valence-corrected chi connectivity index (χ2v) is 7.20.